The van der Waals surface area contributed by atoms with Crippen LogP contribution in [-0.2, 0) is 11.3 Å². The van der Waals surface area contributed by atoms with Gasteiger partial charge in [0.2, 0.25) is 0 Å². The molecule has 0 aliphatic rings. The highest BCUT2D eigenvalue weighted by Crippen LogP contribution is 2.32. The molecule has 1 aromatic heterocycles. The van der Waals surface area contributed by atoms with Gasteiger partial charge >= 0.3 is 0 Å². The molecule has 0 aliphatic carbocycles. The Morgan fingerprint density at radius 3 is 2.83 bits per heavy atom. The lowest BCUT2D eigenvalue weighted by Gasteiger charge is -2.12. The van der Waals surface area contributed by atoms with Gasteiger partial charge in [0, 0.05) is 17.9 Å². The second-order valence-corrected chi connectivity index (χ2v) is 5.46. The van der Waals surface area contributed by atoms with Crippen LogP contribution in [0.25, 0.3) is 0 Å². The Morgan fingerprint density at radius 2 is 2.22 bits per heavy atom. The highest BCUT2D eigenvalue weighted by Gasteiger charge is 2.15. The van der Waals surface area contributed by atoms with E-state index >= 15 is 0 Å². The summed E-state index contributed by atoms with van der Waals surface area (Å²) in [6.45, 7) is 4.84. The van der Waals surface area contributed by atoms with E-state index in [4.69, 9.17) is 10.5 Å². The van der Waals surface area contributed by atoms with Gasteiger partial charge in [0.25, 0.3) is 0 Å². The van der Waals surface area contributed by atoms with Crippen LogP contribution in [0.2, 0.25) is 0 Å². The summed E-state index contributed by atoms with van der Waals surface area (Å²) in [5.41, 5.74) is 9.26. The molecular formula is C14H18N2OS. The number of hydrogen-bond donors (Lipinski definition) is 1. The average molecular weight is 262 g/mol. The number of nitrogen functional groups attached to an aromatic ring is 1. The van der Waals surface area contributed by atoms with Crippen molar-refractivity contribution in [1.82, 2.24) is 4.98 Å². The summed E-state index contributed by atoms with van der Waals surface area (Å²) in [6, 6.07) is 8.47. The van der Waals surface area contributed by atoms with Gasteiger partial charge in [-0.15, -0.1) is 11.3 Å². The number of hydrogen-bond acceptors (Lipinski definition) is 4. The van der Waals surface area contributed by atoms with Crippen LogP contribution in [0.15, 0.2) is 24.3 Å². The van der Waals surface area contributed by atoms with Crippen molar-refractivity contribution < 1.29 is 4.74 Å². The van der Waals surface area contributed by atoms with E-state index < -0.39 is 0 Å². The molecule has 0 aliphatic heterocycles. The molecule has 0 radical (unpaired) electrons. The first-order chi connectivity index (χ1) is 8.61. The minimum absolute atomic E-state index is 0.316. The van der Waals surface area contributed by atoms with Gasteiger partial charge in [0.1, 0.15) is 0 Å². The molecule has 1 unspecified atom stereocenters. The van der Waals surface area contributed by atoms with E-state index in [0.717, 1.165) is 5.69 Å². The fourth-order valence-electron chi connectivity index (χ4n) is 2.10. The summed E-state index contributed by atoms with van der Waals surface area (Å²) in [4.78, 5) is 5.53. The van der Waals surface area contributed by atoms with E-state index in [1.165, 1.54) is 16.0 Å². The fourth-order valence-corrected chi connectivity index (χ4v) is 3.02. The zero-order chi connectivity index (χ0) is 13.1. The Labute approximate surface area is 112 Å². The highest BCUT2D eigenvalue weighted by molar-refractivity contribution is 7.15. The second kappa shape index (κ2) is 5.50. The summed E-state index contributed by atoms with van der Waals surface area (Å²) < 4.78 is 5.17. The van der Waals surface area contributed by atoms with Crippen molar-refractivity contribution in [2.75, 3.05) is 12.8 Å². The molecule has 18 heavy (non-hydrogen) atoms. The molecule has 0 amide bonds. The van der Waals surface area contributed by atoms with Crippen LogP contribution in [0.1, 0.15) is 34.5 Å². The van der Waals surface area contributed by atoms with E-state index in [-0.39, 0.29) is 0 Å². The molecule has 1 aromatic carbocycles. The predicted molar refractivity (Wildman–Crippen MR) is 75.9 cm³/mol. The van der Waals surface area contributed by atoms with Gasteiger partial charge in [-0.3, -0.25) is 0 Å². The summed E-state index contributed by atoms with van der Waals surface area (Å²) in [5.74, 6) is 0.316. The van der Waals surface area contributed by atoms with Crippen molar-refractivity contribution >= 4 is 16.5 Å². The Kier molecular flexibility index (Phi) is 3.99. The summed E-state index contributed by atoms with van der Waals surface area (Å²) in [6.07, 6.45) is 0. The number of aryl methyl sites for hydroxylation is 1. The van der Waals surface area contributed by atoms with Crippen molar-refractivity contribution in [1.29, 1.82) is 0 Å². The lowest BCUT2D eigenvalue weighted by Crippen LogP contribution is -1.97. The number of benzene rings is 1. The molecule has 2 N–H and O–H groups in total. The van der Waals surface area contributed by atoms with Crippen molar-refractivity contribution in [3.8, 4) is 0 Å². The van der Waals surface area contributed by atoms with Crippen molar-refractivity contribution in [2.45, 2.75) is 26.4 Å². The maximum absolute atomic E-state index is 5.76. The van der Waals surface area contributed by atoms with Crippen LogP contribution >= 0.6 is 11.3 Å². The molecule has 4 heteroatoms. The fraction of sp³-hybridized carbons (Fsp3) is 0.357. The normalized spacial score (nSPS) is 12.6. The number of nitrogens with zero attached hydrogens (tertiary/aromatic N) is 1. The Balaban J connectivity index is 2.30. The first kappa shape index (κ1) is 13.1. The second-order valence-electron chi connectivity index (χ2n) is 4.40. The monoisotopic (exact) mass is 262 g/mol. The van der Waals surface area contributed by atoms with Gasteiger partial charge < -0.3 is 10.5 Å². The largest absolute Gasteiger partial charge is 0.380 e. The standard InChI is InChI=1S/C14H18N2OS/c1-9(13-10(2)16-14(15)18-13)12-6-4-5-11(7-12)8-17-3/h4-7,9H,8H2,1-3H3,(H2,15,16). The minimum Gasteiger partial charge on any atom is -0.380 e. The number of rotatable bonds is 4. The maximum Gasteiger partial charge on any atom is 0.180 e. The zero-order valence-electron chi connectivity index (χ0n) is 10.9. The number of aromatic nitrogens is 1. The van der Waals surface area contributed by atoms with E-state index in [2.05, 4.69) is 36.2 Å². The Hall–Kier alpha value is -1.39. The van der Waals surface area contributed by atoms with Crippen molar-refractivity contribution in [3.05, 3.63) is 46.0 Å². The van der Waals surface area contributed by atoms with Gasteiger partial charge in [0.05, 0.1) is 12.3 Å². The molecule has 1 atom stereocenters. The van der Waals surface area contributed by atoms with Crippen LogP contribution in [0, 0.1) is 6.92 Å². The maximum atomic E-state index is 5.76. The van der Waals surface area contributed by atoms with Crippen LogP contribution in [-0.4, -0.2) is 12.1 Å². The van der Waals surface area contributed by atoms with E-state index in [9.17, 15) is 0 Å². The molecule has 0 saturated heterocycles. The minimum atomic E-state index is 0.316. The van der Waals surface area contributed by atoms with Gasteiger partial charge in [0.15, 0.2) is 5.13 Å². The smallest absolute Gasteiger partial charge is 0.180 e. The quantitative estimate of drug-likeness (QED) is 0.919. The molecular weight excluding hydrogens is 244 g/mol. The summed E-state index contributed by atoms with van der Waals surface area (Å²) >= 11 is 1.57. The topological polar surface area (TPSA) is 48.1 Å². The lowest BCUT2D eigenvalue weighted by atomic mass is 9.97. The first-order valence-electron chi connectivity index (χ1n) is 5.92. The molecule has 0 fully saturated rings. The average Bonchev–Trinajstić information content (AvgIpc) is 2.68. The highest BCUT2D eigenvalue weighted by atomic mass is 32.1. The van der Waals surface area contributed by atoms with E-state index in [0.29, 0.717) is 17.7 Å². The molecule has 2 aromatic rings. The Morgan fingerprint density at radius 1 is 1.44 bits per heavy atom. The SMILES string of the molecule is COCc1cccc(C(C)c2sc(N)nc2C)c1. The van der Waals surface area contributed by atoms with Crippen molar-refractivity contribution in [2.24, 2.45) is 0 Å². The van der Waals surface area contributed by atoms with Crippen LogP contribution in [0.3, 0.4) is 0 Å². The zero-order valence-corrected chi connectivity index (χ0v) is 11.8. The summed E-state index contributed by atoms with van der Waals surface area (Å²) in [5, 5.41) is 0.641. The first-order valence-corrected chi connectivity index (χ1v) is 6.74. The van der Waals surface area contributed by atoms with Crippen LogP contribution < -0.4 is 5.73 Å². The third-order valence-corrected chi connectivity index (χ3v) is 4.17. The molecule has 0 spiro atoms. The number of thiazole rings is 1. The van der Waals surface area contributed by atoms with Gasteiger partial charge in [-0.25, -0.2) is 4.98 Å². The summed E-state index contributed by atoms with van der Waals surface area (Å²) in [7, 11) is 1.71. The molecule has 0 saturated carbocycles. The molecule has 2 rings (SSSR count). The predicted octanol–water partition coefficient (Wildman–Crippen LogP) is 3.33. The van der Waals surface area contributed by atoms with Gasteiger partial charge in [-0.1, -0.05) is 31.2 Å². The molecule has 96 valence electrons. The van der Waals surface area contributed by atoms with Crippen LogP contribution in [0.5, 0.6) is 0 Å². The third kappa shape index (κ3) is 2.71. The van der Waals surface area contributed by atoms with Gasteiger partial charge in [-0.05, 0) is 18.1 Å². The van der Waals surface area contributed by atoms with Gasteiger partial charge in [-0.2, -0.15) is 0 Å². The molecule has 3 nitrogen and oxygen atoms in total. The lowest BCUT2D eigenvalue weighted by molar-refractivity contribution is 0.185. The van der Waals surface area contributed by atoms with Crippen LogP contribution in [0.4, 0.5) is 5.13 Å². The number of nitrogens with two attached hydrogens (primary N) is 1. The third-order valence-electron chi connectivity index (χ3n) is 3.00. The molecule has 1 heterocycles. The van der Waals surface area contributed by atoms with Crippen molar-refractivity contribution in [3.63, 3.8) is 0 Å². The number of ether oxygens (including phenoxy) is 1. The Bertz CT molecular complexity index is 536. The number of methoxy groups -OCH3 is 1. The number of anilines is 1. The molecule has 0 bridgehead atoms. The van der Waals surface area contributed by atoms with E-state index in [1.807, 2.05) is 6.92 Å². The van der Waals surface area contributed by atoms with E-state index in [1.54, 1.807) is 18.4 Å².